The first-order valence-electron chi connectivity index (χ1n) is 8.24. The van der Waals surface area contributed by atoms with Crippen LogP contribution in [0.25, 0.3) is 0 Å². The van der Waals surface area contributed by atoms with Gasteiger partial charge in [0.05, 0.1) is 0 Å². The molecule has 2 aromatic rings. The molecule has 0 bridgehead atoms. The van der Waals surface area contributed by atoms with E-state index in [0.29, 0.717) is 13.0 Å². The van der Waals surface area contributed by atoms with Gasteiger partial charge in [0.2, 0.25) is 5.91 Å². The normalized spacial score (nSPS) is 12.1. The highest BCUT2D eigenvalue weighted by molar-refractivity contribution is 5.76. The Balaban J connectivity index is 2.03. The zero-order chi connectivity index (χ0) is 16.5. The number of carbonyl (C=O) groups is 1. The Labute approximate surface area is 138 Å². The van der Waals surface area contributed by atoms with Crippen molar-refractivity contribution in [2.45, 2.75) is 32.2 Å². The summed E-state index contributed by atoms with van der Waals surface area (Å²) >= 11 is 0. The van der Waals surface area contributed by atoms with Crippen LogP contribution in [0.2, 0.25) is 0 Å². The van der Waals surface area contributed by atoms with Crippen molar-refractivity contribution in [3.05, 3.63) is 71.8 Å². The molecule has 1 atom stereocenters. The first-order valence-corrected chi connectivity index (χ1v) is 8.24. The Hall–Kier alpha value is -2.13. The van der Waals surface area contributed by atoms with Crippen molar-refractivity contribution >= 4 is 5.91 Å². The number of hydrogen-bond donors (Lipinski definition) is 2. The van der Waals surface area contributed by atoms with E-state index in [1.54, 1.807) is 0 Å². The third-order valence-electron chi connectivity index (χ3n) is 3.97. The van der Waals surface area contributed by atoms with Crippen LogP contribution in [0, 0.1) is 5.92 Å². The maximum absolute atomic E-state index is 12.2. The van der Waals surface area contributed by atoms with E-state index in [-0.39, 0.29) is 17.9 Å². The van der Waals surface area contributed by atoms with Gasteiger partial charge in [-0.3, -0.25) is 4.79 Å². The van der Waals surface area contributed by atoms with E-state index >= 15 is 0 Å². The molecule has 0 radical (unpaired) electrons. The molecule has 2 aromatic carbocycles. The van der Waals surface area contributed by atoms with E-state index in [1.807, 2.05) is 43.3 Å². The van der Waals surface area contributed by atoms with Gasteiger partial charge < -0.3 is 11.1 Å². The van der Waals surface area contributed by atoms with Crippen LogP contribution >= 0.6 is 0 Å². The standard InChI is InChI=1S/C20H26N2O/c1-16(15-21)22-20(23)14-19(12-17-8-4-2-5-9-17)13-18-10-6-3-7-11-18/h2-11,16,19H,12-15,21H2,1H3,(H,22,23)/t16-/m0/s1. The molecular formula is C20H26N2O. The average Bonchev–Trinajstić information content (AvgIpc) is 2.56. The Morgan fingerprint density at radius 2 is 1.43 bits per heavy atom. The van der Waals surface area contributed by atoms with Crippen molar-refractivity contribution in [1.29, 1.82) is 0 Å². The monoisotopic (exact) mass is 310 g/mol. The number of hydrogen-bond acceptors (Lipinski definition) is 2. The zero-order valence-electron chi connectivity index (χ0n) is 13.7. The average molecular weight is 310 g/mol. The van der Waals surface area contributed by atoms with Crippen molar-refractivity contribution in [3.8, 4) is 0 Å². The molecule has 0 fully saturated rings. The van der Waals surface area contributed by atoms with Crippen molar-refractivity contribution in [2.24, 2.45) is 11.7 Å². The second-order valence-corrected chi connectivity index (χ2v) is 6.15. The Kier molecular flexibility index (Phi) is 6.82. The van der Waals surface area contributed by atoms with E-state index in [9.17, 15) is 4.79 Å². The second kappa shape index (κ2) is 9.11. The molecular weight excluding hydrogens is 284 g/mol. The molecule has 0 aliphatic carbocycles. The number of amides is 1. The van der Waals surface area contributed by atoms with Crippen molar-refractivity contribution in [1.82, 2.24) is 5.32 Å². The lowest BCUT2D eigenvalue weighted by Crippen LogP contribution is -2.38. The van der Waals surface area contributed by atoms with Gasteiger partial charge in [-0.15, -0.1) is 0 Å². The number of benzene rings is 2. The van der Waals surface area contributed by atoms with E-state index in [0.717, 1.165) is 12.8 Å². The molecule has 3 heteroatoms. The van der Waals surface area contributed by atoms with Gasteiger partial charge in [-0.25, -0.2) is 0 Å². The highest BCUT2D eigenvalue weighted by atomic mass is 16.1. The maximum Gasteiger partial charge on any atom is 0.220 e. The third-order valence-corrected chi connectivity index (χ3v) is 3.97. The first kappa shape index (κ1) is 17.2. The molecule has 0 saturated carbocycles. The summed E-state index contributed by atoms with van der Waals surface area (Å²) in [4.78, 5) is 12.2. The van der Waals surface area contributed by atoms with Gasteiger partial charge in [-0.05, 0) is 36.8 Å². The summed E-state index contributed by atoms with van der Waals surface area (Å²) in [5.74, 6) is 0.365. The van der Waals surface area contributed by atoms with Crippen LogP contribution in [0.15, 0.2) is 60.7 Å². The van der Waals surface area contributed by atoms with E-state index in [2.05, 4.69) is 29.6 Å². The molecule has 0 unspecified atom stereocenters. The largest absolute Gasteiger partial charge is 0.352 e. The molecule has 0 aliphatic rings. The van der Waals surface area contributed by atoms with Gasteiger partial charge in [0.15, 0.2) is 0 Å². The lowest BCUT2D eigenvalue weighted by Gasteiger charge is -2.19. The van der Waals surface area contributed by atoms with Crippen LogP contribution in [0.3, 0.4) is 0 Å². The molecule has 23 heavy (non-hydrogen) atoms. The lowest BCUT2D eigenvalue weighted by molar-refractivity contribution is -0.122. The molecule has 0 spiro atoms. The summed E-state index contributed by atoms with van der Waals surface area (Å²) in [6.45, 7) is 2.40. The fraction of sp³-hybridized carbons (Fsp3) is 0.350. The van der Waals surface area contributed by atoms with Crippen LogP contribution < -0.4 is 11.1 Å². The van der Waals surface area contributed by atoms with Crippen molar-refractivity contribution < 1.29 is 4.79 Å². The highest BCUT2D eigenvalue weighted by Gasteiger charge is 2.16. The molecule has 3 nitrogen and oxygen atoms in total. The number of nitrogens with one attached hydrogen (secondary N) is 1. The smallest absolute Gasteiger partial charge is 0.220 e. The Morgan fingerprint density at radius 1 is 0.957 bits per heavy atom. The molecule has 0 heterocycles. The summed E-state index contributed by atoms with van der Waals surface area (Å²) in [7, 11) is 0. The summed E-state index contributed by atoms with van der Waals surface area (Å²) < 4.78 is 0. The fourth-order valence-corrected chi connectivity index (χ4v) is 2.77. The van der Waals surface area contributed by atoms with Crippen LogP contribution in [0.5, 0.6) is 0 Å². The maximum atomic E-state index is 12.2. The van der Waals surface area contributed by atoms with E-state index in [4.69, 9.17) is 5.73 Å². The molecule has 1 amide bonds. The summed E-state index contributed by atoms with van der Waals surface area (Å²) in [5.41, 5.74) is 8.13. The van der Waals surface area contributed by atoms with Crippen LogP contribution in [-0.4, -0.2) is 18.5 Å². The molecule has 3 N–H and O–H groups in total. The quantitative estimate of drug-likeness (QED) is 0.787. The summed E-state index contributed by atoms with van der Waals surface area (Å²) in [5, 5.41) is 2.97. The molecule has 2 rings (SSSR count). The van der Waals surface area contributed by atoms with E-state index < -0.39 is 0 Å². The van der Waals surface area contributed by atoms with E-state index in [1.165, 1.54) is 11.1 Å². The SMILES string of the molecule is C[C@@H](CN)NC(=O)CC(Cc1ccccc1)Cc1ccccc1. The molecule has 122 valence electrons. The van der Waals surface area contributed by atoms with Gasteiger partial charge in [0, 0.05) is 19.0 Å². The number of rotatable bonds is 8. The Morgan fingerprint density at radius 3 is 1.87 bits per heavy atom. The predicted octanol–water partition coefficient (Wildman–Crippen LogP) is 2.94. The van der Waals surface area contributed by atoms with Crippen LogP contribution in [0.1, 0.15) is 24.5 Å². The molecule has 0 aromatic heterocycles. The van der Waals surface area contributed by atoms with Gasteiger partial charge in [-0.1, -0.05) is 60.7 Å². The minimum atomic E-state index is 0.0246. The zero-order valence-corrected chi connectivity index (χ0v) is 13.7. The minimum absolute atomic E-state index is 0.0246. The molecule has 0 saturated heterocycles. The molecule has 0 aliphatic heterocycles. The van der Waals surface area contributed by atoms with Crippen molar-refractivity contribution in [2.75, 3.05) is 6.54 Å². The minimum Gasteiger partial charge on any atom is -0.352 e. The number of carbonyl (C=O) groups excluding carboxylic acids is 1. The topological polar surface area (TPSA) is 55.1 Å². The van der Waals surface area contributed by atoms with Crippen molar-refractivity contribution in [3.63, 3.8) is 0 Å². The second-order valence-electron chi connectivity index (χ2n) is 6.15. The van der Waals surface area contributed by atoms with Gasteiger partial charge in [0.25, 0.3) is 0 Å². The van der Waals surface area contributed by atoms with Gasteiger partial charge >= 0.3 is 0 Å². The third kappa shape index (κ3) is 6.25. The van der Waals surface area contributed by atoms with Gasteiger partial charge in [-0.2, -0.15) is 0 Å². The fourth-order valence-electron chi connectivity index (χ4n) is 2.77. The van der Waals surface area contributed by atoms with Gasteiger partial charge in [0.1, 0.15) is 0 Å². The summed E-state index contributed by atoms with van der Waals surface area (Å²) in [6.07, 6.45) is 2.33. The predicted molar refractivity (Wildman–Crippen MR) is 95.1 cm³/mol. The summed E-state index contributed by atoms with van der Waals surface area (Å²) in [6, 6.07) is 20.7. The lowest BCUT2D eigenvalue weighted by atomic mass is 9.89. The Bertz CT molecular complexity index is 542. The highest BCUT2D eigenvalue weighted by Crippen LogP contribution is 2.18. The van der Waals surface area contributed by atoms with Crippen LogP contribution in [0.4, 0.5) is 0 Å². The first-order chi connectivity index (χ1) is 11.2. The van der Waals surface area contributed by atoms with Crippen LogP contribution in [-0.2, 0) is 17.6 Å². The number of nitrogens with two attached hydrogens (primary N) is 1.